The van der Waals surface area contributed by atoms with Crippen molar-refractivity contribution >= 4 is 0 Å². The Morgan fingerprint density at radius 2 is 1.60 bits per heavy atom. The minimum atomic E-state index is -0.133. The second-order valence-electron chi connectivity index (χ2n) is 4.60. The summed E-state index contributed by atoms with van der Waals surface area (Å²) >= 11 is 0. The van der Waals surface area contributed by atoms with Gasteiger partial charge in [-0.2, -0.15) is 0 Å². The minimum Gasteiger partial charge on any atom is -0.396 e. The van der Waals surface area contributed by atoms with Crippen molar-refractivity contribution in [2.45, 2.75) is 40.5 Å². The fraction of sp³-hybridized carbons (Fsp3) is 0.571. The Kier molecular flexibility index (Phi) is 5.59. The van der Waals surface area contributed by atoms with E-state index in [1.165, 1.54) is 5.57 Å². The van der Waals surface area contributed by atoms with Gasteiger partial charge in [-0.05, 0) is 40.5 Å². The van der Waals surface area contributed by atoms with Gasteiger partial charge in [0.25, 0.3) is 0 Å². The molecular weight excluding hydrogens is 184 g/mol. The predicted molar refractivity (Wildman–Crippen MR) is 67.8 cm³/mol. The molecule has 0 aromatic carbocycles. The van der Waals surface area contributed by atoms with Crippen molar-refractivity contribution in [1.82, 2.24) is 0 Å². The van der Waals surface area contributed by atoms with E-state index in [9.17, 15) is 0 Å². The van der Waals surface area contributed by atoms with Crippen LogP contribution in [0.3, 0.4) is 0 Å². The fourth-order valence-corrected chi connectivity index (χ4v) is 1.81. The van der Waals surface area contributed by atoms with Crippen LogP contribution in [0.25, 0.3) is 0 Å². The van der Waals surface area contributed by atoms with E-state index in [-0.39, 0.29) is 12.0 Å². The summed E-state index contributed by atoms with van der Waals surface area (Å²) < 4.78 is 0. The van der Waals surface area contributed by atoms with Gasteiger partial charge in [-0.25, -0.2) is 0 Å². The van der Waals surface area contributed by atoms with Crippen LogP contribution in [0.4, 0.5) is 0 Å². The molecule has 0 heterocycles. The van der Waals surface area contributed by atoms with Gasteiger partial charge in [-0.1, -0.05) is 36.0 Å². The van der Waals surface area contributed by atoms with Gasteiger partial charge in [-0.15, -0.1) is 0 Å². The zero-order valence-electron chi connectivity index (χ0n) is 10.6. The second-order valence-corrected chi connectivity index (χ2v) is 4.60. The van der Waals surface area contributed by atoms with Crippen LogP contribution in [0, 0.1) is 5.41 Å². The zero-order chi connectivity index (χ0) is 12.1. The number of hydrogen-bond acceptors (Lipinski definition) is 1. The maximum atomic E-state index is 9.16. The van der Waals surface area contributed by atoms with Gasteiger partial charge in [0.1, 0.15) is 0 Å². The Hall–Kier alpha value is -0.820. The third-order valence-corrected chi connectivity index (χ3v) is 3.03. The standard InChI is InChI=1S/C14H24O/c1-11(2)7-8-14(9-10-15,12(3)4)13(5)6/h7,15H,3,5,8-10H2,1-2,4,6H3. The second kappa shape index (κ2) is 5.92. The minimum absolute atomic E-state index is 0.133. The lowest BCUT2D eigenvalue weighted by atomic mass is 9.71. The van der Waals surface area contributed by atoms with Gasteiger partial charge in [0.15, 0.2) is 0 Å². The van der Waals surface area contributed by atoms with Crippen molar-refractivity contribution < 1.29 is 5.11 Å². The van der Waals surface area contributed by atoms with Crippen molar-refractivity contribution in [3.63, 3.8) is 0 Å². The van der Waals surface area contributed by atoms with Gasteiger partial charge >= 0.3 is 0 Å². The average Bonchev–Trinajstić information content (AvgIpc) is 2.10. The van der Waals surface area contributed by atoms with E-state index in [2.05, 4.69) is 33.1 Å². The maximum absolute atomic E-state index is 9.16. The number of rotatable bonds is 6. The summed E-state index contributed by atoms with van der Waals surface area (Å²) in [6.45, 7) is 16.5. The molecule has 0 saturated heterocycles. The van der Waals surface area contributed by atoms with Crippen molar-refractivity contribution in [3.8, 4) is 0 Å². The zero-order valence-corrected chi connectivity index (χ0v) is 10.6. The van der Waals surface area contributed by atoms with Crippen molar-refractivity contribution in [3.05, 3.63) is 36.0 Å². The highest BCUT2D eigenvalue weighted by Crippen LogP contribution is 2.41. The number of hydrogen-bond donors (Lipinski definition) is 1. The van der Waals surface area contributed by atoms with Crippen LogP contribution in [0.5, 0.6) is 0 Å². The van der Waals surface area contributed by atoms with Crippen LogP contribution in [-0.2, 0) is 0 Å². The van der Waals surface area contributed by atoms with E-state index in [4.69, 9.17) is 5.11 Å². The van der Waals surface area contributed by atoms with Crippen molar-refractivity contribution in [2.75, 3.05) is 6.61 Å². The van der Waals surface area contributed by atoms with E-state index < -0.39 is 0 Å². The van der Waals surface area contributed by atoms with Gasteiger partial charge < -0.3 is 5.11 Å². The van der Waals surface area contributed by atoms with Crippen LogP contribution in [0.2, 0.25) is 0 Å². The topological polar surface area (TPSA) is 20.2 Å². The van der Waals surface area contributed by atoms with Gasteiger partial charge in [0, 0.05) is 12.0 Å². The Labute approximate surface area is 94.2 Å². The highest BCUT2D eigenvalue weighted by molar-refractivity contribution is 5.25. The molecule has 1 N–H and O–H groups in total. The SMILES string of the molecule is C=C(C)C(CC=C(C)C)(CCO)C(=C)C. The molecule has 0 atom stereocenters. The molecule has 0 bridgehead atoms. The van der Waals surface area contributed by atoms with E-state index in [1.54, 1.807) is 0 Å². The molecule has 0 spiro atoms. The molecule has 0 unspecified atom stereocenters. The van der Waals surface area contributed by atoms with Gasteiger partial charge in [-0.3, -0.25) is 0 Å². The molecule has 0 saturated carbocycles. The van der Waals surface area contributed by atoms with E-state index in [0.717, 1.165) is 17.6 Å². The van der Waals surface area contributed by atoms with Crippen LogP contribution in [0.1, 0.15) is 40.5 Å². The highest BCUT2D eigenvalue weighted by Gasteiger charge is 2.30. The normalized spacial score (nSPS) is 11.0. The predicted octanol–water partition coefficient (Wildman–Crippen LogP) is 3.86. The van der Waals surface area contributed by atoms with E-state index in [1.807, 2.05) is 13.8 Å². The van der Waals surface area contributed by atoms with Crippen LogP contribution < -0.4 is 0 Å². The quantitative estimate of drug-likeness (QED) is 0.657. The Bertz CT molecular complexity index is 253. The molecule has 0 aliphatic rings. The lowest BCUT2D eigenvalue weighted by molar-refractivity contribution is 0.234. The molecule has 0 aromatic heterocycles. The summed E-state index contributed by atoms with van der Waals surface area (Å²) in [5, 5.41) is 9.16. The van der Waals surface area contributed by atoms with Crippen LogP contribution in [0.15, 0.2) is 36.0 Å². The Morgan fingerprint density at radius 1 is 1.13 bits per heavy atom. The molecule has 1 heteroatoms. The summed E-state index contributed by atoms with van der Waals surface area (Å²) in [5.41, 5.74) is 3.33. The third-order valence-electron chi connectivity index (χ3n) is 3.03. The summed E-state index contributed by atoms with van der Waals surface area (Å²) in [7, 11) is 0. The molecule has 0 radical (unpaired) electrons. The summed E-state index contributed by atoms with van der Waals surface area (Å²) in [6.07, 6.45) is 3.79. The molecule has 0 aliphatic heterocycles. The van der Waals surface area contributed by atoms with Crippen LogP contribution >= 0.6 is 0 Å². The summed E-state index contributed by atoms with van der Waals surface area (Å²) in [6, 6.07) is 0. The summed E-state index contributed by atoms with van der Waals surface area (Å²) in [4.78, 5) is 0. The van der Waals surface area contributed by atoms with Crippen molar-refractivity contribution in [1.29, 1.82) is 0 Å². The molecule has 0 rings (SSSR count). The molecule has 15 heavy (non-hydrogen) atoms. The molecule has 1 nitrogen and oxygen atoms in total. The molecule has 0 aromatic rings. The van der Waals surface area contributed by atoms with E-state index >= 15 is 0 Å². The van der Waals surface area contributed by atoms with Crippen molar-refractivity contribution in [2.24, 2.45) is 5.41 Å². The number of aliphatic hydroxyl groups is 1. The van der Waals surface area contributed by atoms with Gasteiger partial charge in [0.2, 0.25) is 0 Å². The first-order valence-corrected chi connectivity index (χ1v) is 5.43. The largest absolute Gasteiger partial charge is 0.396 e. The molecule has 0 fully saturated rings. The third kappa shape index (κ3) is 3.67. The highest BCUT2D eigenvalue weighted by atomic mass is 16.3. The molecular formula is C14H24O. The smallest absolute Gasteiger partial charge is 0.0442 e. The maximum Gasteiger partial charge on any atom is 0.0442 e. The number of allylic oxidation sites excluding steroid dienone is 4. The molecule has 0 amide bonds. The first kappa shape index (κ1) is 14.2. The monoisotopic (exact) mass is 208 g/mol. The van der Waals surface area contributed by atoms with Gasteiger partial charge in [0.05, 0.1) is 0 Å². The molecule has 86 valence electrons. The first-order valence-electron chi connectivity index (χ1n) is 5.43. The first-order chi connectivity index (χ1) is 6.86. The lowest BCUT2D eigenvalue weighted by Gasteiger charge is -2.34. The average molecular weight is 208 g/mol. The van der Waals surface area contributed by atoms with E-state index in [0.29, 0.717) is 6.42 Å². The lowest BCUT2D eigenvalue weighted by Crippen LogP contribution is -2.24. The van der Waals surface area contributed by atoms with Crippen LogP contribution in [-0.4, -0.2) is 11.7 Å². The number of aliphatic hydroxyl groups excluding tert-OH is 1. The Balaban J connectivity index is 5.04. The molecule has 0 aliphatic carbocycles. The summed E-state index contributed by atoms with van der Waals surface area (Å²) in [5.74, 6) is 0. The fourth-order valence-electron chi connectivity index (χ4n) is 1.81. The Morgan fingerprint density at radius 3 is 1.87 bits per heavy atom.